The van der Waals surface area contributed by atoms with Gasteiger partial charge < -0.3 is 19.3 Å². The molecule has 0 aromatic heterocycles. The van der Waals surface area contributed by atoms with Crippen molar-refractivity contribution in [3.63, 3.8) is 0 Å². The molecule has 0 bridgehead atoms. The average Bonchev–Trinajstić information content (AvgIpc) is 2.79. The maximum atomic E-state index is 13.5. The minimum atomic E-state index is -4.43. The molecule has 1 amide bonds. The minimum Gasteiger partial charge on any atom is -0.493 e. The summed E-state index contributed by atoms with van der Waals surface area (Å²) in [6.45, 7) is 1.82. The highest BCUT2D eigenvalue weighted by molar-refractivity contribution is 7.87. The fourth-order valence-electron chi connectivity index (χ4n) is 3.47. The quantitative estimate of drug-likeness (QED) is 0.426. The smallest absolute Gasteiger partial charge is 0.339 e. The Balaban J connectivity index is 1.78. The number of carbonyl (C=O) groups excluding carboxylic acids is 1. The molecule has 0 fully saturated rings. The number of hydrogen-bond acceptors (Lipinski definition) is 6. The number of aliphatic hydroxyl groups is 1. The molecule has 3 rings (SSSR count). The number of aryl methyl sites for hydroxylation is 1. The zero-order valence-corrected chi connectivity index (χ0v) is 19.7. The maximum Gasteiger partial charge on any atom is 0.339 e. The van der Waals surface area contributed by atoms with Gasteiger partial charge in [-0.25, -0.2) is 4.39 Å². The van der Waals surface area contributed by atoms with Gasteiger partial charge in [-0.3, -0.25) is 4.79 Å². The van der Waals surface area contributed by atoms with Crippen LogP contribution in [0.3, 0.4) is 0 Å². The summed E-state index contributed by atoms with van der Waals surface area (Å²) in [6, 6.07) is 15.4. The third-order valence-corrected chi connectivity index (χ3v) is 6.36. The first-order valence-corrected chi connectivity index (χ1v) is 12.0. The number of rotatable bonds is 10. The van der Waals surface area contributed by atoms with Crippen LogP contribution in [0.15, 0.2) is 65.6 Å². The van der Waals surface area contributed by atoms with Crippen molar-refractivity contribution in [1.82, 2.24) is 5.32 Å². The highest BCUT2D eigenvalue weighted by Crippen LogP contribution is 2.36. The Morgan fingerprint density at radius 2 is 1.85 bits per heavy atom. The van der Waals surface area contributed by atoms with Crippen molar-refractivity contribution in [2.24, 2.45) is 0 Å². The monoisotopic (exact) mass is 487 g/mol. The van der Waals surface area contributed by atoms with E-state index in [0.29, 0.717) is 18.5 Å². The number of benzene rings is 3. The summed E-state index contributed by atoms with van der Waals surface area (Å²) >= 11 is 0. The molecule has 0 saturated carbocycles. The molecule has 0 unspecified atom stereocenters. The molecule has 3 aromatic carbocycles. The third kappa shape index (κ3) is 6.33. The van der Waals surface area contributed by atoms with Gasteiger partial charge in [-0.2, -0.15) is 8.42 Å². The van der Waals surface area contributed by atoms with Crippen LogP contribution in [0.4, 0.5) is 4.39 Å². The molecule has 3 aromatic rings. The Morgan fingerprint density at radius 3 is 2.53 bits per heavy atom. The van der Waals surface area contributed by atoms with Gasteiger partial charge in [-0.1, -0.05) is 42.0 Å². The zero-order valence-electron chi connectivity index (χ0n) is 18.9. The molecule has 0 radical (unpaired) electrons. The second-order valence-electron chi connectivity index (χ2n) is 7.65. The van der Waals surface area contributed by atoms with Crippen LogP contribution in [0, 0.1) is 12.7 Å². The molecule has 0 saturated heterocycles. The van der Waals surface area contributed by atoms with Crippen LogP contribution in [-0.4, -0.2) is 33.1 Å². The van der Waals surface area contributed by atoms with E-state index in [2.05, 4.69) is 5.32 Å². The molecule has 34 heavy (non-hydrogen) atoms. The number of nitrogens with one attached hydrogen (secondary N) is 1. The first kappa shape index (κ1) is 25.2. The van der Waals surface area contributed by atoms with E-state index in [1.54, 1.807) is 6.07 Å². The van der Waals surface area contributed by atoms with E-state index in [1.165, 1.54) is 25.3 Å². The van der Waals surface area contributed by atoms with Gasteiger partial charge in [0, 0.05) is 12.1 Å². The summed E-state index contributed by atoms with van der Waals surface area (Å²) in [5.41, 5.74) is 2.70. The van der Waals surface area contributed by atoms with Gasteiger partial charge in [0.1, 0.15) is 10.7 Å². The number of carbonyl (C=O) groups is 1. The van der Waals surface area contributed by atoms with Gasteiger partial charge in [-0.15, -0.1) is 0 Å². The SMILES string of the molecule is COc1ccc(CC(=O)NCCc2cccc(C)c2)c(CO)c1OS(=O)(=O)c1cccc(F)c1. The normalized spacial score (nSPS) is 11.2. The molecular formula is C25H26FNO6S. The van der Waals surface area contributed by atoms with Crippen molar-refractivity contribution in [1.29, 1.82) is 0 Å². The predicted molar refractivity (Wildman–Crippen MR) is 125 cm³/mol. The van der Waals surface area contributed by atoms with Crippen molar-refractivity contribution in [3.8, 4) is 11.5 Å². The molecule has 2 N–H and O–H groups in total. The number of halogens is 1. The number of amides is 1. The van der Waals surface area contributed by atoms with Crippen LogP contribution < -0.4 is 14.2 Å². The van der Waals surface area contributed by atoms with Crippen LogP contribution >= 0.6 is 0 Å². The summed E-state index contributed by atoms with van der Waals surface area (Å²) in [5.74, 6) is -1.24. The number of hydrogen-bond donors (Lipinski definition) is 2. The minimum absolute atomic E-state index is 0.0487. The zero-order chi connectivity index (χ0) is 24.7. The highest BCUT2D eigenvalue weighted by atomic mass is 32.2. The van der Waals surface area contributed by atoms with Crippen LogP contribution in [0.1, 0.15) is 22.3 Å². The summed E-state index contributed by atoms with van der Waals surface area (Å²) in [6.07, 6.45) is 0.549. The molecule has 7 nitrogen and oxygen atoms in total. The van der Waals surface area contributed by atoms with Gasteiger partial charge in [0.05, 0.1) is 20.1 Å². The van der Waals surface area contributed by atoms with Crippen LogP contribution in [0.5, 0.6) is 11.5 Å². The van der Waals surface area contributed by atoms with Crippen LogP contribution in [0.2, 0.25) is 0 Å². The van der Waals surface area contributed by atoms with Crippen molar-refractivity contribution >= 4 is 16.0 Å². The Kier molecular flexibility index (Phi) is 8.25. The van der Waals surface area contributed by atoms with Crippen molar-refractivity contribution in [2.75, 3.05) is 13.7 Å². The molecular weight excluding hydrogens is 461 g/mol. The van der Waals surface area contributed by atoms with Gasteiger partial charge in [0.25, 0.3) is 0 Å². The molecule has 180 valence electrons. The van der Waals surface area contributed by atoms with E-state index >= 15 is 0 Å². The van der Waals surface area contributed by atoms with Crippen LogP contribution in [-0.2, 0) is 34.4 Å². The van der Waals surface area contributed by atoms with E-state index in [-0.39, 0.29) is 29.4 Å². The van der Waals surface area contributed by atoms with E-state index in [0.717, 1.165) is 23.3 Å². The van der Waals surface area contributed by atoms with Crippen molar-refractivity contribution in [2.45, 2.75) is 31.3 Å². The predicted octanol–water partition coefficient (Wildman–Crippen LogP) is 3.30. The maximum absolute atomic E-state index is 13.5. The number of aliphatic hydroxyl groups excluding tert-OH is 1. The van der Waals surface area contributed by atoms with Crippen LogP contribution in [0.25, 0.3) is 0 Å². The summed E-state index contributed by atoms with van der Waals surface area (Å²) in [4.78, 5) is 12.1. The van der Waals surface area contributed by atoms with E-state index in [9.17, 15) is 22.7 Å². The standard InChI is InChI=1S/C25H26FNO6S/c1-17-5-3-6-18(13-17)11-12-27-24(29)14-19-9-10-23(32-2)25(22(19)16-28)33-34(30,31)21-8-4-7-20(26)15-21/h3-10,13,15,28H,11-12,14,16H2,1-2H3,(H,27,29). The third-order valence-electron chi connectivity index (χ3n) is 5.15. The Morgan fingerprint density at radius 1 is 1.09 bits per heavy atom. The molecule has 0 spiro atoms. The van der Waals surface area contributed by atoms with E-state index < -0.39 is 27.4 Å². The lowest BCUT2D eigenvalue weighted by molar-refractivity contribution is -0.120. The van der Waals surface area contributed by atoms with E-state index in [4.69, 9.17) is 8.92 Å². The second kappa shape index (κ2) is 11.1. The lowest BCUT2D eigenvalue weighted by atomic mass is 10.0. The average molecular weight is 488 g/mol. The van der Waals surface area contributed by atoms with E-state index in [1.807, 2.05) is 31.2 Å². The van der Waals surface area contributed by atoms with Gasteiger partial charge in [0.2, 0.25) is 5.91 Å². The molecule has 0 aliphatic rings. The van der Waals surface area contributed by atoms with Gasteiger partial charge in [0.15, 0.2) is 11.5 Å². The topological polar surface area (TPSA) is 102 Å². The largest absolute Gasteiger partial charge is 0.493 e. The Hall–Kier alpha value is -3.43. The summed E-state index contributed by atoms with van der Waals surface area (Å²) in [7, 11) is -3.11. The summed E-state index contributed by atoms with van der Waals surface area (Å²) < 4.78 is 49.4. The van der Waals surface area contributed by atoms with Crippen molar-refractivity contribution < 1.29 is 31.6 Å². The Labute approximate surface area is 198 Å². The highest BCUT2D eigenvalue weighted by Gasteiger charge is 2.24. The van der Waals surface area contributed by atoms with Gasteiger partial charge in [-0.05, 0) is 48.7 Å². The molecule has 9 heteroatoms. The Bertz CT molecular complexity index is 1280. The van der Waals surface area contributed by atoms with Crippen molar-refractivity contribution in [3.05, 3.63) is 88.7 Å². The fraction of sp³-hybridized carbons (Fsp3) is 0.240. The molecule has 0 aliphatic carbocycles. The van der Waals surface area contributed by atoms with Gasteiger partial charge >= 0.3 is 10.1 Å². The molecule has 0 heterocycles. The molecule has 0 aliphatic heterocycles. The lowest BCUT2D eigenvalue weighted by Crippen LogP contribution is -2.27. The molecule has 0 atom stereocenters. The first-order chi connectivity index (χ1) is 16.2. The number of methoxy groups -OCH3 is 1. The second-order valence-corrected chi connectivity index (χ2v) is 9.20. The number of ether oxygens (including phenoxy) is 1. The summed E-state index contributed by atoms with van der Waals surface area (Å²) in [5, 5.41) is 12.8. The lowest BCUT2D eigenvalue weighted by Gasteiger charge is -2.17. The first-order valence-electron chi connectivity index (χ1n) is 10.6. The fourth-order valence-corrected chi connectivity index (χ4v) is 4.47.